The van der Waals surface area contributed by atoms with E-state index in [-0.39, 0.29) is 0 Å². The molecule has 0 amide bonds. The van der Waals surface area contributed by atoms with E-state index >= 15 is 0 Å². The van der Waals surface area contributed by atoms with Gasteiger partial charge in [-0.05, 0) is 42.6 Å². The van der Waals surface area contributed by atoms with Crippen molar-refractivity contribution in [2.75, 3.05) is 0 Å². The van der Waals surface area contributed by atoms with Crippen molar-refractivity contribution >= 4 is 0 Å². The summed E-state index contributed by atoms with van der Waals surface area (Å²) >= 11 is 0. The quantitative estimate of drug-likeness (QED) is 0.630. The molecule has 0 saturated heterocycles. The minimum atomic E-state index is 0.538. The molecule has 2 aliphatic rings. The van der Waals surface area contributed by atoms with Crippen molar-refractivity contribution in [2.45, 2.75) is 50.5 Å². The minimum Gasteiger partial charge on any atom is -0.271 e. The Labute approximate surface area is 110 Å². The highest BCUT2D eigenvalue weighted by Crippen LogP contribution is 2.52. The zero-order valence-corrected chi connectivity index (χ0v) is 11.0. The van der Waals surface area contributed by atoms with Crippen LogP contribution in [0.5, 0.6) is 0 Å². The fourth-order valence-electron chi connectivity index (χ4n) is 3.80. The van der Waals surface area contributed by atoms with Crippen LogP contribution in [0.3, 0.4) is 0 Å². The number of benzene rings is 1. The van der Waals surface area contributed by atoms with Gasteiger partial charge in [-0.2, -0.15) is 0 Å². The molecule has 18 heavy (non-hydrogen) atoms. The van der Waals surface area contributed by atoms with Crippen LogP contribution in [0.1, 0.15) is 50.0 Å². The van der Waals surface area contributed by atoms with Gasteiger partial charge in [0.1, 0.15) is 0 Å². The summed E-state index contributed by atoms with van der Waals surface area (Å²) in [5.74, 6) is 8.15. The summed E-state index contributed by atoms with van der Waals surface area (Å²) in [6.07, 6.45) is 8.26. The zero-order chi connectivity index (χ0) is 12.4. The Morgan fingerprint density at radius 2 is 1.78 bits per heavy atom. The highest BCUT2D eigenvalue weighted by molar-refractivity contribution is 5.26. The molecule has 0 radical (unpaired) electrons. The Hall–Kier alpha value is -0.860. The molecule has 3 unspecified atom stereocenters. The van der Waals surface area contributed by atoms with Crippen molar-refractivity contribution in [3.8, 4) is 0 Å². The highest BCUT2D eigenvalue weighted by atomic mass is 15.2. The second-order valence-corrected chi connectivity index (χ2v) is 6.01. The van der Waals surface area contributed by atoms with Crippen LogP contribution in [0.4, 0.5) is 0 Å². The third-order valence-electron chi connectivity index (χ3n) is 4.88. The number of nitrogens with two attached hydrogens (primary N) is 1. The van der Waals surface area contributed by atoms with Crippen LogP contribution in [-0.4, -0.2) is 6.04 Å². The first-order chi connectivity index (χ1) is 8.90. The lowest BCUT2D eigenvalue weighted by Gasteiger charge is -2.30. The fourth-order valence-corrected chi connectivity index (χ4v) is 3.80. The van der Waals surface area contributed by atoms with E-state index in [1.54, 1.807) is 0 Å². The van der Waals surface area contributed by atoms with Gasteiger partial charge in [-0.25, -0.2) is 0 Å². The number of hydrogen-bond acceptors (Lipinski definition) is 2. The van der Waals surface area contributed by atoms with Crippen molar-refractivity contribution in [2.24, 2.45) is 17.7 Å². The van der Waals surface area contributed by atoms with Gasteiger partial charge in [0.05, 0.1) is 0 Å². The topological polar surface area (TPSA) is 38.0 Å². The minimum absolute atomic E-state index is 0.538. The molecular formula is C16H24N2. The summed E-state index contributed by atoms with van der Waals surface area (Å²) < 4.78 is 0. The maximum absolute atomic E-state index is 5.83. The predicted octanol–water partition coefficient (Wildman–Crippen LogP) is 3.20. The van der Waals surface area contributed by atoms with Crippen LogP contribution in [-0.2, 0) is 0 Å². The molecule has 2 fully saturated rings. The van der Waals surface area contributed by atoms with E-state index in [1.807, 2.05) is 0 Å². The molecule has 3 atom stereocenters. The summed E-state index contributed by atoms with van der Waals surface area (Å²) in [5.41, 5.74) is 4.63. The van der Waals surface area contributed by atoms with Gasteiger partial charge >= 0.3 is 0 Å². The molecule has 2 heteroatoms. The van der Waals surface area contributed by atoms with Gasteiger partial charge in [-0.3, -0.25) is 11.3 Å². The first-order valence-electron chi connectivity index (χ1n) is 7.41. The van der Waals surface area contributed by atoms with E-state index in [9.17, 15) is 0 Å². The van der Waals surface area contributed by atoms with E-state index in [0.717, 1.165) is 17.8 Å². The fraction of sp³-hybridized carbons (Fsp3) is 0.625. The van der Waals surface area contributed by atoms with Crippen molar-refractivity contribution in [3.63, 3.8) is 0 Å². The van der Waals surface area contributed by atoms with Gasteiger partial charge < -0.3 is 0 Å². The SMILES string of the molecule is NNC(C1CCCCC1)C1CC1c1ccccc1. The van der Waals surface area contributed by atoms with Gasteiger partial charge in [-0.1, -0.05) is 49.6 Å². The van der Waals surface area contributed by atoms with Crippen LogP contribution in [0.2, 0.25) is 0 Å². The van der Waals surface area contributed by atoms with E-state index in [4.69, 9.17) is 5.84 Å². The first-order valence-corrected chi connectivity index (χ1v) is 7.41. The Morgan fingerprint density at radius 3 is 2.44 bits per heavy atom. The molecule has 0 heterocycles. The summed E-state index contributed by atoms with van der Waals surface area (Å²) in [6.45, 7) is 0. The molecule has 2 nitrogen and oxygen atoms in total. The summed E-state index contributed by atoms with van der Waals surface area (Å²) in [4.78, 5) is 0. The lowest BCUT2D eigenvalue weighted by molar-refractivity contribution is 0.247. The number of hydrazine groups is 1. The summed E-state index contributed by atoms with van der Waals surface area (Å²) in [5, 5.41) is 0. The maximum Gasteiger partial charge on any atom is 0.0273 e. The van der Waals surface area contributed by atoms with E-state index in [1.165, 1.54) is 44.1 Å². The average Bonchev–Trinajstić information content (AvgIpc) is 3.22. The third kappa shape index (κ3) is 2.45. The van der Waals surface area contributed by atoms with E-state index in [0.29, 0.717) is 6.04 Å². The van der Waals surface area contributed by atoms with Crippen molar-refractivity contribution in [1.82, 2.24) is 5.43 Å². The molecule has 0 aromatic heterocycles. The van der Waals surface area contributed by atoms with Crippen molar-refractivity contribution in [1.29, 1.82) is 0 Å². The third-order valence-corrected chi connectivity index (χ3v) is 4.88. The van der Waals surface area contributed by atoms with Gasteiger partial charge in [-0.15, -0.1) is 0 Å². The number of nitrogens with one attached hydrogen (secondary N) is 1. The molecule has 1 aromatic rings. The van der Waals surface area contributed by atoms with Gasteiger partial charge in [0.2, 0.25) is 0 Å². The molecular weight excluding hydrogens is 220 g/mol. The zero-order valence-electron chi connectivity index (χ0n) is 11.0. The largest absolute Gasteiger partial charge is 0.271 e. The molecule has 1 aromatic carbocycles. The smallest absolute Gasteiger partial charge is 0.0273 e. The van der Waals surface area contributed by atoms with Gasteiger partial charge in [0.25, 0.3) is 0 Å². The number of hydrogen-bond donors (Lipinski definition) is 2. The van der Waals surface area contributed by atoms with Crippen molar-refractivity contribution < 1.29 is 0 Å². The van der Waals surface area contributed by atoms with Crippen LogP contribution >= 0.6 is 0 Å². The average molecular weight is 244 g/mol. The lowest BCUT2D eigenvalue weighted by atomic mass is 9.81. The molecule has 0 aliphatic heterocycles. The van der Waals surface area contributed by atoms with Gasteiger partial charge in [0, 0.05) is 6.04 Å². The lowest BCUT2D eigenvalue weighted by Crippen LogP contribution is -2.43. The monoisotopic (exact) mass is 244 g/mol. The van der Waals surface area contributed by atoms with Crippen LogP contribution in [0.25, 0.3) is 0 Å². The molecule has 0 spiro atoms. The summed E-state index contributed by atoms with van der Waals surface area (Å²) in [6, 6.07) is 11.5. The molecule has 2 saturated carbocycles. The second kappa shape index (κ2) is 5.41. The molecule has 0 bridgehead atoms. The molecule has 98 valence electrons. The molecule has 2 aliphatic carbocycles. The number of rotatable bonds is 4. The summed E-state index contributed by atoms with van der Waals surface area (Å²) in [7, 11) is 0. The van der Waals surface area contributed by atoms with Crippen molar-refractivity contribution in [3.05, 3.63) is 35.9 Å². The van der Waals surface area contributed by atoms with E-state index < -0.39 is 0 Å². The first kappa shape index (κ1) is 12.2. The van der Waals surface area contributed by atoms with Crippen LogP contribution in [0, 0.1) is 11.8 Å². The highest BCUT2D eigenvalue weighted by Gasteiger charge is 2.46. The Balaban J connectivity index is 1.64. The van der Waals surface area contributed by atoms with Gasteiger partial charge in [0.15, 0.2) is 0 Å². The normalized spacial score (nSPS) is 30.1. The Bertz CT molecular complexity index is 370. The molecule has 3 rings (SSSR count). The van der Waals surface area contributed by atoms with Crippen LogP contribution in [0.15, 0.2) is 30.3 Å². The Kier molecular flexibility index (Phi) is 3.67. The molecule has 3 N–H and O–H groups in total. The van der Waals surface area contributed by atoms with Crippen LogP contribution < -0.4 is 11.3 Å². The van der Waals surface area contributed by atoms with E-state index in [2.05, 4.69) is 35.8 Å². The Morgan fingerprint density at radius 1 is 1.06 bits per heavy atom. The predicted molar refractivity (Wildman–Crippen MR) is 75.0 cm³/mol. The second-order valence-electron chi connectivity index (χ2n) is 6.01. The standard InChI is InChI=1S/C16H24N2/c17-18-16(13-9-5-2-6-10-13)15-11-14(15)12-7-3-1-4-8-12/h1,3-4,7-8,13-16,18H,2,5-6,9-11,17H2. The maximum atomic E-state index is 5.83.